The minimum atomic E-state index is -0.0183. The highest BCUT2D eigenvalue weighted by Crippen LogP contribution is 2.31. The summed E-state index contributed by atoms with van der Waals surface area (Å²) in [5.41, 5.74) is 2.28. The molecule has 1 aliphatic rings. The lowest BCUT2D eigenvalue weighted by atomic mass is 9.84. The number of aryl methyl sites for hydroxylation is 3. The average Bonchev–Trinajstić information content (AvgIpc) is 2.97. The van der Waals surface area contributed by atoms with E-state index in [1.165, 1.54) is 25.0 Å². The van der Waals surface area contributed by atoms with E-state index in [0.717, 1.165) is 63.6 Å². The van der Waals surface area contributed by atoms with Gasteiger partial charge in [0.05, 0.1) is 11.3 Å². The number of hydrogen-bond acceptors (Lipinski definition) is 3. The molecule has 0 spiro atoms. The highest BCUT2D eigenvalue weighted by atomic mass is 16.5. The molecule has 0 radical (unpaired) electrons. The van der Waals surface area contributed by atoms with Gasteiger partial charge in [-0.05, 0) is 45.6 Å². The van der Waals surface area contributed by atoms with Crippen LogP contribution in [0.5, 0.6) is 0 Å². The third-order valence-electron chi connectivity index (χ3n) is 5.12. The molecule has 1 heterocycles. The Morgan fingerprint density at radius 2 is 2.04 bits per heavy atom. The molecule has 6 heteroatoms. The Hall–Kier alpha value is -1.56. The second-order valence-corrected chi connectivity index (χ2v) is 7.45. The zero-order valence-corrected chi connectivity index (χ0v) is 17.1. The zero-order valence-electron chi connectivity index (χ0n) is 17.1. The van der Waals surface area contributed by atoms with E-state index in [9.17, 15) is 0 Å². The van der Waals surface area contributed by atoms with Crippen LogP contribution >= 0.6 is 0 Å². The van der Waals surface area contributed by atoms with Crippen LogP contribution in [-0.4, -0.2) is 48.1 Å². The molecule has 1 aromatic heterocycles. The van der Waals surface area contributed by atoms with Crippen molar-refractivity contribution in [2.24, 2.45) is 4.99 Å². The molecule has 0 unspecified atom stereocenters. The molecule has 148 valence electrons. The first-order valence-corrected chi connectivity index (χ1v) is 10.2. The number of nitrogens with zero attached hydrogens (tertiary/aromatic N) is 3. The molecular weight excluding hydrogens is 326 g/mol. The van der Waals surface area contributed by atoms with Crippen LogP contribution in [0.15, 0.2) is 11.1 Å². The van der Waals surface area contributed by atoms with E-state index in [2.05, 4.69) is 45.3 Å². The van der Waals surface area contributed by atoms with Gasteiger partial charge in [0, 0.05) is 39.0 Å². The molecule has 1 aromatic rings. The first kappa shape index (κ1) is 20.7. The Kier molecular flexibility index (Phi) is 8.42. The van der Waals surface area contributed by atoms with Crippen LogP contribution in [0.1, 0.15) is 63.3 Å². The number of aliphatic imine (C=N–C) groups is 1. The monoisotopic (exact) mass is 363 g/mol. The molecule has 2 N–H and O–H groups in total. The molecule has 0 atom stereocenters. The number of rotatable bonds is 9. The zero-order chi connectivity index (χ0) is 18.8. The second kappa shape index (κ2) is 10.6. The van der Waals surface area contributed by atoms with Gasteiger partial charge in [-0.3, -0.25) is 9.67 Å². The molecule has 1 fully saturated rings. The Bertz CT molecular complexity index is 561. The predicted molar refractivity (Wildman–Crippen MR) is 108 cm³/mol. The predicted octanol–water partition coefficient (Wildman–Crippen LogP) is 3.18. The van der Waals surface area contributed by atoms with Gasteiger partial charge in [0.2, 0.25) is 0 Å². The Balaban J connectivity index is 1.74. The van der Waals surface area contributed by atoms with Gasteiger partial charge < -0.3 is 15.4 Å². The van der Waals surface area contributed by atoms with Gasteiger partial charge in [-0.15, -0.1) is 0 Å². The first-order valence-electron chi connectivity index (χ1n) is 10.2. The summed E-state index contributed by atoms with van der Waals surface area (Å²) < 4.78 is 8.33. The van der Waals surface area contributed by atoms with Gasteiger partial charge in [0.15, 0.2) is 5.96 Å². The molecule has 0 amide bonds. The number of hydrogen-bond donors (Lipinski definition) is 2. The van der Waals surface area contributed by atoms with Crippen molar-refractivity contribution < 1.29 is 4.74 Å². The number of aromatic nitrogens is 2. The van der Waals surface area contributed by atoms with Gasteiger partial charge in [-0.2, -0.15) is 5.10 Å². The van der Waals surface area contributed by atoms with Crippen LogP contribution in [0, 0.1) is 13.8 Å². The maximum absolute atomic E-state index is 6.26. The summed E-state index contributed by atoms with van der Waals surface area (Å²) in [4.78, 5) is 4.37. The summed E-state index contributed by atoms with van der Waals surface area (Å²) in [5.74, 6) is 0.864. The van der Waals surface area contributed by atoms with E-state index in [1.807, 2.05) is 14.0 Å². The van der Waals surface area contributed by atoms with E-state index in [1.54, 1.807) is 0 Å². The summed E-state index contributed by atoms with van der Waals surface area (Å²) in [6, 6.07) is 2.12. The number of guanidine groups is 1. The largest absolute Gasteiger partial charge is 0.373 e. The van der Waals surface area contributed by atoms with E-state index < -0.39 is 0 Å². The normalized spacial score (nSPS) is 17.3. The van der Waals surface area contributed by atoms with Gasteiger partial charge in [-0.1, -0.05) is 26.2 Å². The molecule has 0 aromatic carbocycles. The lowest BCUT2D eigenvalue weighted by molar-refractivity contribution is -0.0657. The van der Waals surface area contributed by atoms with Crippen molar-refractivity contribution in [3.63, 3.8) is 0 Å². The minimum absolute atomic E-state index is 0.0183. The van der Waals surface area contributed by atoms with Crippen LogP contribution in [0.4, 0.5) is 0 Å². The van der Waals surface area contributed by atoms with Crippen molar-refractivity contribution in [2.45, 2.75) is 77.9 Å². The van der Waals surface area contributed by atoms with Gasteiger partial charge in [0.25, 0.3) is 0 Å². The van der Waals surface area contributed by atoms with E-state index >= 15 is 0 Å². The lowest BCUT2D eigenvalue weighted by Crippen LogP contribution is -2.49. The van der Waals surface area contributed by atoms with Crippen LogP contribution in [0.2, 0.25) is 0 Å². The maximum Gasteiger partial charge on any atom is 0.191 e. The van der Waals surface area contributed by atoms with Crippen molar-refractivity contribution in [1.29, 1.82) is 0 Å². The van der Waals surface area contributed by atoms with Crippen molar-refractivity contribution >= 4 is 5.96 Å². The van der Waals surface area contributed by atoms with Crippen molar-refractivity contribution in [2.75, 3.05) is 26.7 Å². The summed E-state index contributed by atoms with van der Waals surface area (Å²) in [5, 5.41) is 11.4. The molecule has 6 nitrogen and oxygen atoms in total. The second-order valence-electron chi connectivity index (χ2n) is 7.45. The fourth-order valence-electron chi connectivity index (χ4n) is 3.69. The van der Waals surface area contributed by atoms with E-state index in [-0.39, 0.29) is 5.60 Å². The van der Waals surface area contributed by atoms with Crippen molar-refractivity contribution in [3.05, 3.63) is 17.5 Å². The molecule has 1 saturated carbocycles. The van der Waals surface area contributed by atoms with Crippen LogP contribution in [0.25, 0.3) is 0 Å². The third-order valence-corrected chi connectivity index (χ3v) is 5.12. The van der Waals surface area contributed by atoms with E-state index in [0.29, 0.717) is 0 Å². The first-order chi connectivity index (χ1) is 12.6. The maximum atomic E-state index is 6.26. The Morgan fingerprint density at radius 1 is 1.27 bits per heavy atom. The highest BCUT2D eigenvalue weighted by Gasteiger charge is 2.32. The average molecular weight is 364 g/mol. The molecule has 1 aliphatic carbocycles. The van der Waals surface area contributed by atoms with Crippen LogP contribution in [0.3, 0.4) is 0 Å². The molecule has 0 bridgehead atoms. The summed E-state index contributed by atoms with van der Waals surface area (Å²) in [6.07, 6.45) is 8.24. The molecule has 26 heavy (non-hydrogen) atoms. The Labute approximate surface area is 158 Å². The van der Waals surface area contributed by atoms with Crippen LogP contribution in [-0.2, 0) is 11.3 Å². The molecule has 0 aliphatic heterocycles. The molecular formula is C20H37N5O. The summed E-state index contributed by atoms with van der Waals surface area (Å²) >= 11 is 0. The summed E-state index contributed by atoms with van der Waals surface area (Å²) in [7, 11) is 1.83. The SMILES string of the molecule is CCCOC1(CNC(=NC)NCCCn2nc(C)cc2C)CCCCC1. The van der Waals surface area contributed by atoms with Crippen molar-refractivity contribution in [1.82, 2.24) is 20.4 Å². The third kappa shape index (κ3) is 6.31. The van der Waals surface area contributed by atoms with Gasteiger partial charge >= 0.3 is 0 Å². The quantitative estimate of drug-likeness (QED) is 0.402. The molecule has 0 saturated heterocycles. The minimum Gasteiger partial charge on any atom is -0.373 e. The smallest absolute Gasteiger partial charge is 0.191 e. The summed E-state index contributed by atoms with van der Waals surface area (Å²) in [6.45, 7) is 9.80. The standard InChI is InChI=1S/C20H37N5O/c1-5-14-26-20(10-7-6-8-11-20)16-23-19(21-4)22-12-9-13-25-18(3)15-17(2)24-25/h15H,5-14,16H2,1-4H3,(H2,21,22,23). The van der Waals surface area contributed by atoms with Crippen LogP contribution < -0.4 is 10.6 Å². The van der Waals surface area contributed by atoms with Crippen molar-refractivity contribution in [3.8, 4) is 0 Å². The fraction of sp³-hybridized carbons (Fsp3) is 0.800. The highest BCUT2D eigenvalue weighted by molar-refractivity contribution is 5.79. The number of ether oxygens (including phenoxy) is 1. The van der Waals surface area contributed by atoms with Gasteiger partial charge in [-0.25, -0.2) is 0 Å². The fourth-order valence-corrected chi connectivity index (χ4v) is 3.69. The Morgan fingerprint density at radius 3 is 2.65 bits per heavy atom. The van der Waals surface area contributed by atoms with E-state index in [4.69, 9.17) is 4.74 Å². The lowest BCUT2D eigenvalue weighted by Gasteiger charge is -2.37. The van der Waals surface area contributed by atoms with Gasteiger partial charge in [0.1, 0.15) is 0 Å². The molecule has 2 rings (SSSR count). The number of nitrogens with one attached hydrogen (secondary N) is 2. The topological polar surface area (TPSA) is 63.5 Å².